The quantitative estimate of drug-likeness (QED) is 0.786. The third-order valence-corrected chi connectivity index (χ3v) is 4.03. The van der Waals surface area contributed by atoms with E-state index in [9.17, 15) is 0 Å². The van der Waals surface area contributed by atoms with Crippen LogP contribution in [-0.2, 0) is 6.54 Å². The molecule has 17 heavy (non-hydrogen) atoms. The number of benzene rings is 1. The number of rotatable bonds is 5. The van der Waals surface area contributed by atoms with Gasteiger partial charge in [-0.1, -0.05) is 18.6 Å². The summed E-state index contributed by atoms with van der Waals surface area (Å²) in [5.41, 5.74) is 1.37. The van der Waals surface area contributed by atoms with Crippen LogP contribution in [0.5, 0.6) is 0 Å². The van der Waals surface area contributed by atoms with Crippen molar-refractivity contribution >= 4 is 11.8 Å². The molecule has 2 nitrogen and oxygen atoms in total. The molecule has 0 aromatic heterocycles. The zero-order chi connectivity index (χ0) is 11.9. The van der Waals surface area contributed by atoms with E-state index in [4.69, 9.17) is 0 Å². The van der Waals surface area contributed by atoms with E-state index in [0.29, 0.717) is 6.04 Å². The summed E-state index contributed by atoms with van der Waals surface area (Å²) in [4.78, 5) is 1.34. The average molecular weight is 250 g/mol. The van der Waals surface area contributed by atoms with Gasteiger partial charge in [0.15, 0.2) is 0 Å². The Morgan fingerprint density at radius 2 is 2.12 bits per heavy atom. The van der Waals surface area contributed by atoms with Gasteiger partial charge in [0.2, 0.25) is 0 Å². The second-order valence-electron chi connectivity index (χ2n) is 4.63. The van der Waals surface area contributed by atoms with Crippen molar-refractivity contribution < 1.29 is 0 Å². The van der Waals surface area contributed by atoms with E-state index in [-0.39, 0.29) is 0 Å². The van der Waals surface area contributed by atoms with Crippen LogP contribution in [-0.4, -0.2) is 25.4 Å². The number of piperidine rings is 1. The first kappa shape index (κ1) is 12.9. The molecule has 1 saturated heterocycles. The average Bonchev–Trinajstić information content (AvgIpc) is 2.41. The van der Waals surface area contributed by atoms with Crippen LogP contribution >= 0.6 is 11.8 Å². The lowest BCUT2D eigenvalue weighted by molar-refractivity contribution is 0.383. The van der Waals surface area contributed by atoms with Crippen LogP contribution in [0.1, 0.15) is 24.8 Å². The summed E-state index contributed by atoms with van der Waals surface area (Å²) >= 11 is 1.79. The monoisotopic (exact) mass is 250 g/mol. The van der Waals surface area contributed by atoms with Crippen molar-refractivity contribution in [1.82, 2.24) is 10.6 Å². The Morgan fingerprint density at radius 1 is 1.29 bits per heavy atom. The van der Waals surface area contributed by atoms with Gasteiger partial charge >= 0.3 is 0 Å². The summed E-state index contributed by atoms with van der Waals surface area (Å²) in [6.07, 6.45) is 6.15. The zero-order valence-corrected chi connectivity index (χ0v) is 11.4. The largest absolute Gasteiger partial charge is 0.313 e. The van der Waals surface area contributed by atoms with Gasteiger partial charge in [0, 0.05) is 24.0 Å². The fraction of sp³-hybridized carbons (Fsp3) is 0.571. The van der Waals surface area contributed by atoms with Crippen molar-refractivity contribution in [2.45, 2.75) is 36.7 Å². The van der Waals surface area contributed by atoms with Crippen LogP contribution in [0.25, 0.3) is 0 Å². The molecule has 2 rings (SSSR count). The number of hydrogen-bond donors (Lipinski definition) is 2. The van der Waals surface area contributed by atoms with Gasteiger partial charge in [-0.15, -0.1) is 11.8 Å². The first-order chi connectivity index (χ1) is 8.38. The first-order valence-electron chi connectivity index (χ1n) is 6.45. The Balaban J connectivity index is 1.69. The van der Waals surface area contributed by atoms with E-state index < -0.39 is 0 Å². The Morgan fingerprint density at radius 3 is 2.76 bits per heavy atom. The SMILES string of the molecule is CSc1ccc(CNCC2CCCCN2)cc1. The molecule has 1 heterocycles. The predicted octanol–water partition coefficient (Wildman–Crippen LogP) is 2.64. The van der Waals surface area contributed by atoms with Crippen LogP contribution < -0.4 is 10.6 Å². The summed E-state index contributed by atoms with van der Waals surface area (Å²) in [6.45, 7) is 3.26. The molecule has 0 saturated carbocycles. The molecule has 1 fully saturated rings. The highest BCUT2D eigenvalue weighted by Gasteiger charge is 2.11. The van der Waals surface area contributed by atoms with E-state index in [1.165, 1.54) is 36.3 Å². The molecule has 1 unspecified atom stereocenters. The lowest BCUT2D eigenvalue weighted by atomic mass is 10.1. The maximum atomic E-state index is 3.56. The van der Waals surface area contributed by atoms with Crippen molar-refractivity contribution in [1.29, 1.82) is 0 Å². The molecule has 2 N–H and O–H groups in total. The molecule has 94 valence electrons. The second-order valence-corrected chi connectivity index (χ2v) is 5.51. The molecule has 0 spiro atoms. The normalized spacial score (nSPS) is 20.4. The zero-order valence-electron chi connectivity index (χ0n) is 10.5. The second kappa shape index (κ2) is 7.04. The summed E-state index contributed by atoms with van der Waals surface area (Å²) < 4.78 is 0. The van der Waals surface area contributed by atoms with Crippen LogP contribution in [0.2, 0.25) is 0 Å². The summed E-state index contributed by atoms with van der Waals surface area (Å²) in [5, 5.41) is 7.10. The smallest absolute Gasteiger partial charge is 0.0206 e. The van der Waals surface area contributed by atoms with Gasteiger partial charge in [-0.3, -0.25) is 0 Å². The van der Waals surface area contributed by atoms with Crippen molar-refractivity contribution in [3.8, 4) is 0 Å². The Hall–Kier alpha value is -0.510. The Bertz CT molecular complexity index is 317. The molecule has 1 aliphatic heterocycles. The van der Waals surface area contributed by atoms with Crippen molar-refractivity contribution in [3.63, 3.8) is 0 Å². The molecule has 0 bridgehead atoms. The molecule has 1 aromatic carbocycles. The summed E-state index contributed by atoms with van der Waals surface area (Å²) in [7, 11) is 0. The molecule has 0 amide bonds. The minimum absolute atomic E-state index is 0.675. The predicted molar refractivity (Wildman–Crippen MR) is 75.6 cm³/mol. The van der Waals surface area contributed by atoms with E-state index in [0.717, 1.165) is 13.1 Å². The van der Waals surface area contributed by atoms with Crippen molar-refractivity contribution in [2.24, 2.45) is 0 Å². The van der Waals surface area contributed by atoms with Crippen molar-refractivity contribution in [3.05, 3.63) is 29.8 Å². The summed E-state index contributed by atoms with van der Waals surface area (Å²) in [6, 6.07) is 9.50. The van der Waals surface area contributed by atoms with Crippen molar-refractivity contribution in [2.75, 3.05) is 19.3 Å². The van der Waals surface area contributed by atoms with Gasteiger partial charge < -0.3 is 10.6 Å². The number of hydrogen-bond acceptors (Lipinski definition) is 3. The minimum atomic E-state index is 0.675. The highest BCUT2D eigenvalue weighted by molar-refractivity contribution is 7.98. The van der Waals surface area contributed by atoms with Gasteiger partial charge in [-0.2, -0.15) is 0 Å². The van der Waals surface area contributed by atoms with E-state index in [1.807, 2.05) is 0 Å². The maximum absolute atomic E-state index is 3.56. The van der Waals surface area contributed by atoms with Crippen LogP contribution in [0.15, 0.2) is 29.2 Å². The van der Waals surface area contributed by atoms with Gasteiger partial charge in [-0.05, 0) is 43.3 Å². The Kier molecular flexibility index (Phi) is 5.36. The molecule has 0 radical (unpaired) electrons. The molecule has 3 heteroatoms. The summed E-state index contributed by atoms with van der Waals surface area (Å²) in [5.74, 6) is 0. The Labute approximate surface area is 109 Å². The highest BCUT2D eigenvalue weighted by Crippen LogP contribution is 2.14. The molecular weight excluding hydrogens is 228 g/mol. The topological polar surface area (TPSA) is 24.1 Å². The van der Waals surface area contributed by atoms with E-state index in [1.54, 1.807) is 11.8 Å². The molecular formula is C14H22N2S. The third-order valence-electron chi connectivity index (χ3n) is 3.29. The van der Waals surface area contributed by atoms with Crippen LogP contribution in [0, 0.1) is 0 Å². The molecule has 0 aliphatic carbocycles. The van der Waals surface area contributed by atoms with Gasteiger partial charge in [0.25, 0.3) is 0 Å². The first-order valence-corrected chi connectivity index (χ1v) is 7.68. The molecule has 1 aliphatic rings. The van der Waals surface area contributed by atoms with Crippen LogP contribution in [0.4, 0.5) is 0 Å². The number of nitrogens with one attached hydrogen (secondary N) is 2. The lowest BCUT2D eigenvalue weighted by Gasteiger charge is -2.23. The fourth-order valence-electron chi connectivity index (χ4n) is 2.23. The van der Waals surface area contributed by atoms with Gasteiger partial charge in [0.05, 0.1) is 0 Å². The third kappa shape index (κ3) is 4.34. The fourth-order valence-corrected chi connectivity index (χ4v) is 2.64. The molecule has 1 atom stereocenters. The van der Waals surface area contributed by atoms with Crippen LogP contribution in [0.3, 0.4) is 0 Å². The van der Waals surface area contributed by atoms with E-state index in [2.05, 4.69) is 41.2 Å². The highest BCUT2D eigenvalue weighted by atomic mass is 32.2. The maximum Gasteiger partial charge on any atom is 0.0206 e. The standard InChI is InChI=1S/C14H22N2S/c1-17-14-7-5-12(6-8-14)10-15-11-13-4-2-3-9-16-13/h5-8,13,15-16H,2-4,9-11H2,1H3. The lowest BCUT2D eigenvalue weighted by Crippen LogP contribution is -2.41. The number of thioether (sulfide) groups is 1. The minimum Gasteiger partial charge on any atom is -0.313 e. The van der Waals surface area contributed by atoms with Gasteiger partial charge in [0.1, 0.15) is 0 Å². The van der Waals surface area contributed by atoms with Gasteiger partial charge in [-0.25, -0.2) is 0 Å². The van der Waals surface area contributed by atoms with E-state index >= 15 is 0 Å². The molecule has 1 aromatic rings.